The Balaban J connectivity index is 2.05. The van der Waals surface area contributed by atoms with Gasteiger partial charge in [-0.1, -0.05) is 6.07 Å². The molecule has 2 aromatic rings. The molecule has 28 heavy (non-hydrogen) atoms. The average molecular weight is 411 g/mol. The SMILES string of the molecule is CC(C)OP(=O)(COCCn1cc(-c2cccnc2)c(=O)[nH]c1=O)OC(C)C. The van der Waals surface area contributed by atoms with E-state index in [1.54, 1.807) is 52.2 Å². The normalized spacial score (nSPS) is 12.1. The van der Waals surface area contributed by atoms with E-state index in [0.29, 0.717) is 11.1 Å². The Bertz CT molecular complexity index is 909. The summed E-state index contributed by atoms with van der Waals surface area (Å²) >= 11 is 0. The molecule has 154 valence electrons. The third-order valence-electron chi connectivity index (χ3n) is 3.45. The quantitative estimate of drug-likeness (QED) is 0.472. The summed E-state index contributed by atoms with van der Waals surface area (Å²) in [6.45, 7) is 7.29. The lowest BCUT2D eigenvalue weighted by Gasteiger charge is -2.22. The smallest absolute Gasteiger partial charge is 0.356 e. The standard InChI is InChI=1S/C18H26N3O6P/c1-13(2)26-28(24,27-14(3)4)12-25-9-8-21-11-16(17(22)20-18(21)23)15-6-5-7-19-10-15/h5-7,10-11,13-14H,8-9,12H2,1-4H3,(H,20,22,23). The van der Waals surface area contributed by atoms with Crippen molar-refractivity contribution < 1.29 is 18.3 Å². The molecule has 0 saturated heterocycles. The fraction of sp³-hybridized carbons (Fsp3) is 0.500. The highest BCUT2D eigenvalue weighted by molar-refractivity contribution is 7.53. The van der Waals surface area contributed by atoms with Gasteiger partial charge in [-0.05, 0) is 33.8 Å². The average Bonchev–Trinajstić information content (AvgIpc) is 2.59. The van der Waals surface area contributed by atoms with E-state index < -0.39 is 18.8 Å². The monoisotopic (exact) mass is 411 g/mol. The van der Waals surface area contributed by atoms with Crippen molar-refractivity contribution >= 4 is 7.60 Å². The number of nitrogens with one attached hydrogen (secondary N) is 1. The van der Waals surface area contributed by atoms with E-state index in [9.17, 15) is 14.2 Å². The number of aromatic amines is 1. The van der Waals surface area contributed by atoms with Crippen LogP contribution >= 0.6 is 7.60 Å². The largest absolute Gasteiger partial charge is 0.367 e. The number of aromatic nitrogens is 3. The van der Waals surface area contributed by atoms with E-state index in [1.165, 1.54) is 10.8 Å². The minimum absolute atomic E-state index is 0.0886. The zero-order valence-electron chi connectivity index (χ0n) is 16.5. The molecule has 0 unspecified atom stereocenters. The topological polar surface area (TPSA) is 113 Å². The second-order valence-electron chi connectivity index (χ2n) is 6.69. The molecule has 0 spiro atoms. The van der Waals surface area contributed by atoms with Gasteiger partial charge in [0.1, 0.15) is 6.35 Å². The van der Waals surface area contributed by atoms with Gasteiger partial charge in [-0.15, -0.1) is 0 Å². The Labute approximate surface area is 163 Å². The van der Waals surface area contributed by atoms with Gasteiger partial charge in [0.2, 0.25) is 0 Å². The molecule has 0 atom stereocenters. The molecule has 0 aliphatic rings. The van der Waals surface area contributed by atoms with Crippen molar-refractivity contribution in [2.75, 3.05) is 13.0 Å². The van der Waals surface area contributed by atoms with E-state index in [2.05, 4.69) is 9.97 Å². The van der Waals surface area contributed by atoms with E-state index in [0.717, 1.165) is 0 Å². The van der Waals surface area contributed by atoms with Crippen LogP contribution in [0, 0.1) is 0 Å². The van der Waals surface area contributed by atoms with Crippen LogP contribution in [0.4, 0.5) is 0 Å². The third kappa shape index (κ3) is 6.53. The van der Waals surface area contributed by atoms with Gasteiger partial charge in [0.15, 0.2) is 0 Å². The minimum atomic E-state index is -3.41. The first-order valence-electron chi connectivity index (χ1n) is 8.98. The molecule has 0 radical (unpaired) electrons. The van der Waals surface area contributed by atoms with Crippen molar-refractivity contribution in [3.63, 3.8) is 0 Å². The van der Waals surface area contributed by atoms with Crippen molar-refractivity contribution in [2.45, 2.75) is 46.4 Å². The summed E-state index contributed by atoms with van der Waals surface area (Å²) in [4.78, 5) is 30.4. The fourth-order valence-electron chi connectivity index (χ4n) is 2.47. The lowest BCUT2D eigenvalue weighted by Crippen LogP contribution is -2.31. The highest BCUT2D eigenvalue weighted by Crippen LogP contribution is 2.50. The summed E-state index contributed by atoms with van der Waals surface area (Å²) in [7, 11) is -3.41. The first-order valence-corrected chi connectivity index (χ1v) is 10.7. The summed E-state index contributed by atoms with van der Waals surface area (Å²) in [5.74, 6) is 0. The van der Waals surface area contributed by atoms with Gasteiger partial charge in [0, 0.05) is 24.2 Å². The van der Waals surface area contributed by atoms with Crippen molar-refractivity contribution in [3.8, 4) is 11.1 Å². The van der Waals surface area contributed by atoms with Crippen LogP contribution in [0.5, 0.6) is 0 Å². The van der Waals surface area contributed by atoms with Crippen molar-refractivity contribution in [2.24, 2.45) is 0 Å². The van der Waals surface area contributed by atoms with Gasteiger partial charge in [-0.2, -0.15) is 0 Å². The number of hydrogen-bond donors (Lipinski definition) is 1. The number of rotatable bonds is 10. The van der Waals surface area contributed by atoms with Gasteiger partial charge in [-0.25, -0.2) is 4.79 Å². The maximum atomic E-state index is 12.7. The maximum Gasteiger partial charge on any atom is 0.356 e. The number of ether oxygens (including phenoxy) is 1. The first-order chi connectivity index (χ1) is 13.2. The molecule has 0 saturated carbocycles. The van der Waals surface area contributed by atoms with Crippen LogP contribution in [0.3, 0.4) is 0 Å². The van der Waals surface area contributed by atoms with Crippen LogP contribution in [-0.4, -0.2) is 39.7 Å². The summed E-state index contributed by atoms with van der Waals surface area (Å²) in [6, 6.07) is 3.43. The summed E-state index contributed by atoms with van der Waals surface area (Å²) in [6.07, 6.45) is 3.80. The van der Waals surface area contributed by atoms with Crippen LogP contribution in [0.2, 0.25) is 0 Å². The first kappa shape index (κ1) is 22.2. The molecule has 0 aromatic carbocycles. The van der Waals surface area contributed by atoms with Crippen molar-refractivity contribution in [1.29, 1.82) is 0 Å². The summed E-state index contributed by atoms with van der Waals surface area (Å²) < 4.78 is 30.3. The molecular formula is C18H26N3O6P. The van der Waals surface area contributed by atoms with E-state index in [1.807, 2.05) is 0 Å². The number of H-pyrrole nitrogens is 1. The molecule has 0 amide bonds. The van der Waals surface area contributed by atoms with Gasteiger partial charge < -0.3 is 13.8 Å². The molecule has 0 aliphatic heterocycles. The second kappa shape index (κ2) is 9.93. The lowest BCUT2D eigenvalue weighted by molar-refractivity contribution is 0.0955. The third-order valence-corrected chi connectivity index (χ3v) is 5.44. The van der Waals surface area contributed by atoms with Crippen LogP contribution in [0.25, 0.3) is 11.1 Å². The second-order valence-corrected chi connectivity index (χ2v) is 8.60. The van der Waals surface area contributed by atoms with Crippen LogP contribution < -0.4 is 11.2 Å². The molecule has 0 aliphatic carbocycles. The lowest BCUT2D eigenvalue weighted by atomic mass is 10.1. The number of pyridine rings is 1. The van der Waals surface area contributed by atoms with Crippen molar-refractivity contribution in [1.82, 2.24) is 14.5 Å². The van der Waals surface area contributed by atoms with E-state index >= 15 is 0 Å². The van der Waals surface area contributed by atoms with Crippen LogP contribution in [0.1, 0.15) is 27.7 Å². The molecule has 2 rings (SSSR count). The fourth-order valence-corrected chi connectivity index (χ4v) is 4.28. The molecule has 1 N–H and O–H groups in total. The zero-order valence-corrected chi connectivity index (χ0v) is 17.3. The molecule has 10 heteroatoms. The Kier molecular flexibility index (Phi) is 7.88. The van der Waals surface area contributed by atoms with E-state index in [-0.39, 0.29) is 31.7 Å². The molecule has 2 aromatic heterocycles. The molecule has 9 nitrogen and oxygen atoms in total. The van der Waals surface area contributed by atoms with E-state index in [4.69, 9.17) is 13.8 Å². The Hall–Kier alpha value is -2.06. The highest BCUT2D eigenvalue weighted by Gasteiger charge is 2.28. The zero-order chi connectivity index (χ0) is 20.7. The number of hydrogen-bond acceptors (Lipinski definition) is 7. The Morgan fingerprint density at radius 2 is 1.86 bits per heavy atom. The predicted molar refractivity (Wildman–Crippen MR) is 105 cm³/mol. The van der Waals surface area contributed by atoms with Crippen molar-refractivity contribution in [3.05, 3.63) is 51.6 Å². The Morgan fingerprint density at radius 3 is 2.43 bits per heavy atom. The van der Waals surface area contributed by atoms with Crippen LogP contribution in [-0.2, 0) is 24.9 Å². The highest BCUT2D eigenvalue weighted by atomic mass is 31.2. The maximum absolute atomic E-state index is 12.7. The summed E-state index contributed by atoms with van der Waals surface area (Å²) in [5.41, 5.74) is -0.125. The van der Waals surface area contributed by atoms with Gasteiger partial charge in [0.25, 0.3) is 5.56 Å². The summed E-state index contributed by atoms with van der Waals surface area (Å²) in [5, 5.41) is 0. The molecule has 2 heterocycles. The predicted octanol–water partition coefficient (Wildman–Crippen LogP) is 2.62. The molecule has 0 fully saturated rings. The molecule has 0 bridgehead atoms. The minimum Gasteiger partial charge on any atom is -0.367 e. The Morgan fingerprint density at radius 1 is 1.18 bits per heavy atom. The number of nitrogens with zero attached hydrogens (tertiary/aromatic N) is 2. The van der Waals surface area contributed by atoms with Gasteiger partial charge in [-0.3, -0.25) is 23.9 Å². The van der Waals surface area contributed by atoms with Crippen LogP contribution in [0.15, 0.2) is 40.3 Å². The van der Waals surface area contributed by atoms with Gasteiger partial charge in [0.05, 0.1) is 30.9 Å². The van der Waals surface area contributed by atoms with Gasteiger partial charge >= 0.3 is 13.3 Å². The molecular weight excluding hydrogens is 385 g/mol.